The molecule has 0 aromatic carbocycles. The van der Waals surface area contributed by atoms with Crippen molar-refractivity contribution in [2.45, 2.75) is 39.0 Å². The molecule has 0 N–H and O–H groups in total. The van der Waals surface area contributed by atoms with Gasteiger partial charge in [-0.05, 0) is 27.3 Å². The maximum atomic E-state index is 5.65. The van der Waals surface area contributed by atoms with Crippen LogP contribution in [0.4, 0.5) is 0 Å². The SMILES string of the molecule is C=C(CC)C1COC(C)(C)N1C. The van der Waals surface area contributed by atoms with E-state index in [-0.39, 0.29) is 5.72 Å². The van der Waals surface area contributed by atoms with Crippen LogP contribution in [0.1, 0.15) is 27.2 Å². The lowest BCUT2D eigenvalue weighted by atomic mass is 10.1. The van der Waals surface area contributed by atoms with Gasteiger partial charge in [-0.25, -0.2) is 0 Å². The van der Waals surface area contributed by atoms with E-state index in [1.807, 2.05) is 0 Å². The topological polar surface area (TPSA) is 12.5 Å². The summed E-state index contributed by atoms with van der Waals surface area (Å²) in [6, 6.07) is 0.407. The summed E-state index contributed by atoms with van der Waals surface area (Å²) in [7, 11) is 2.10. The van der Waals surface area contributed by atoms with Crippen LogP contribution in [0.2, 0.25) is 0 Å². The monoisotopic (exact) mass is 169 g/mol. The summed E-state index contributed by atoms with van der Waals surface area (Å²) in [6.07, 6.45) is 1.04. The van der Waals surface area contributed by atoms with Crippen molar-refractivity contribution < 1.29 is 4.74 Å². The van der Waals surface area contributed by atoms with Gasteiger partial charge < -0.3 is 4.74 Å². The van der Waals surface area contributed by atoms with E-state index < -0.39 is 0 Å². The highest BCUT2D eigenvalue weighted by molar-refractivity contribution is 5.08. The minimum Gasteiger partial charge on any atom is -0.359 e. The van der Waals surface area contributed by atoms with Crippen LogP contribution in [0.15, 0.2) is 12.2 Å². The maximum absolute atomic E-state index is 5.65. The van der Waals surface area contributed by atoms with Crippen molar-refractivity contribution in [3.05, 3.63) is 12.2 Å². The lowest BCUT2D eigenvalue weighted by molar-refractivity contribution is -0.0404. The zero-order valence-electron chi connectivity index (χ0n) is 8.55. The largest absolute Gasteiger partial charge is 0.359 e. The summed E-state index contributed by atoms with van der Waals surface area (Å²) in [5.74, 6) is 0. The summed E-state index contributed by atoms with van der Waals surface area (Å²) in [5.41, 5.74) is 1.14. The molecule has 1 fully saturated rings. The molecule has 12 heavy (non-hydrogen) atoms. The normalized spacial score (nSPS) is 29.2. The second kappa shape index (κ2) is 3.19. The van der Waals surface area contributed by atoms with Crippen molar-refractivity contribution in [3.8, 4) is 0 Å². The van der Waals surface area contributed by atoms with E-state index >= 15 is 0 Å². The first kappa shape index (κ1) is 9.75. The van der Waals surface area contributed by atoms with Gasteiger partial charge in [0.15, 0.2) is 0 Å². The fourth-order valence-electron chi connectivity index (χ4n) is 1.50. The minimum absolute atomic E-state index is 0.122. The highest BCUT2D eigenvalue weighted by atomic mass is 16.5. The van der Waals surface area contributed by atoms with Crippen molar-refractivity contribution in [2.75, 3.05) is 13.7 Å². The number of likely N-dealkylation sites (N-methyl/N-ethyl adjacent to an activating group) is 1. The Morgan fingerprint density at radius 3 is 2.58 bits per heavy atom. The Labute approximate surface area is 75.2 Å². The van der Waals surface area contributed by atoms with Crippen molar-refractivity contribution >= 4 is 0 Å². The van der Waals surface area contributed by atoms with Gasteiger partial charge >= 0.3 is 0 Å². The number of rotatable bonds is 2. The average molecular weight is 169 g/mol. The molecule has 1 unspecified atom stereocenters. The highest BCUT2D eigenvalue weighted by Gasteiger charge is 2.38. The molecule has 1 aliphatic heterocycles. The van der Waals surface area contributed by atoms with E-state index in [4.69, 9.17) is 4.74 Å². The first-order valence-electron chi connectivity index (χ1n) is 4.53. The van der Waals surface area contributed by atoms with E-state index in [0.717, 1.165) is 13.0 Å². The molecule has 1 rings (SSSR count). The fourth-order valence-corrected chi connectivity index (χ4v) is 1.50. The number of hydrogen-bond donors (Lipinski definition) is 0. The van der Waals surface area contributed by atoms with Gasteiger partial charge in [-0.3, -0.25) is 4.90 Å². The third-order valence-corrected chi connectivity index (χ3v) is 2.84. The molecular formula is C10H19NO. The van der Waals surface area contributed by atoms with E-state index in [9.17, 15) is 0 Å². The van der Waals surface area contributed by atoms with Crippen LogP contribution in [0.25, 0.3) is 0 Å². The molecule has 0 saturated carbocycles. The van der Waals surface area contributed by atoms with Crippen molar-refractivity contribution in [2.24, 2.45) is 0 Å². The second-order valence-electron chi connectivity index (χ2n) is 3.90. The first-order chi connectivity index (χ1) is 5.49. The highest BCUT2D eigenvalue weighted by Crippen LogP contribution is 2.28. The molecule has 0 amide bonds. The molecule has 0 bridgehead atoms. The number of nitrogens with zero attached hydrogens (tertiary/aromatic N) is 1. The average Bonchev–Trinajstić information content (AvgIpc) is 2.27. The van der Waals surface area contributed by atoms with Crippen LogP contribution < -0.4 is 0 Å². The van der Waals surface area contributed by atoms with Crippen LogP contribution in [0.5, 0.6) is 0 Å². The molecule has 1 atom stereocenters. The van der Waals surface area contributed by atoms with Gasteiger partial charge in [0.25, 0.3) is 0 Å². The zero-order valence-corrected chi connectivity index (χ0v) is 8.55. The first-order valence-corrected chi connectivity index (χ1v) is 4.53. The Morgan fingerprint density at radius 1 is 1.67 bits per heavy atom. The third-order valence-electron chi connectivity index (χ3n) is 2.84. The molecule has 0 aromatic rings. The van der Waals surface area contributed by atoms with Gasteiger partial charge in [0, 0.05) is 0 Å². The van der Waals surface area contributed by atoms with E-state index in [1.165, 1.54) is 5.57 Å². The summed E-state index contributed by atoms with van der Waals surface area (Å²) >= 11 is 0. The predicted octanol–water partition coefficient (Wildman–Crippen LogP) is 2.02. The Balaban J connectivity index is 2.67. The molecule has 0 radical (unpaired) electrons. The van der Waals surface area contributed by atoms with Crippen LogP contribution in [0, 0.1) is 0 Å². The van der Waals surface area contributed by atoms with Crippen LogP contribution >= 0.6 is 0 Å². The van der Waals surface area contributed by atoms with E-state index in [1.54, 1.807) is 0 Å². The van der Waals surface area contributed by atoms with Crippen LogP contribution in [-0.4, -0.2) is 30.3 Å². The smallest absolute Gasteiger partial charge is 0.116 e. The summed E-state index contributed by atoms with van der Waals surface area (Å²) in [4.78, 5) is 2.25. The maximum Gasteiger partial charge on any atom is 0.116 e. The Bertz CT molecular complexity index is 186. The Morgan fingerprint density at radius 2 is 2.25 bits per heavy atom. The molecule has 0 aliphatic carbocycles. The second-order valence-corrected chi connectivity index (χ2v) is 3.90. The molecule has 2 nitrogen and oxygen atoms in total. The number of ether oxygens (including phenoxy) is 1. The standard InChI is InChI=1S/C10H19NO/c1-6-8(2)9-7-12-10(3,4)11(9)5/h9H,2,6-7H2,1,3-5H3. The van der Waals surface area contributed by atoms with E-state index in [0.29, 0.717) is 6.04 Å². The summed E-state index contributed by atoms with van der Waals surface area (Å²) in [6.45, 7) is 11.2. The zero-order chi connectivity index (χ0) is 9.35. The molecule has 1 heterocycles. The van der Waals surface area contributed by atoms with Gasteiger partial charge in [-0.15, -0.1) is 0 Å². The molecule has 0 aromatic heterocycles. The quantitative estimate of drug-likeness (QED) is 0.586. The van der Waals surface area contributed by atoms with Crippen molar-refractivity contribution in [1.29, 1.82) is 0 Å². The summed E-state index contributed by atoms with van der Waals surface area (Å²) < 4.78 is 5.65. The van der Waals surface area contributed by atoms with Crippen LogP contribution in [-0.2, 0) is 4.74 Å². The van der Waals surface area contributed by atoms with Gasteiger partial charge in [0.05, 0.1) is 12.6 Å². The van der Waals surface area contributed by atoms with Crippen molar-refractivity contribution in [1.82, 2.24) is 4.90 Å². The molecular weight excluding hydrogens is 150 g/mol. The Kier molecular flexibility index (Phi) is 2.59. The summed E-state index contributed by atoms with van der Waals surface area (Å²) in [5, 5.41) is 0. The Hall–Kier alpha value is -0.340. The lowest BCUT2D eigenvalue weighted by Crippen LogP contribution is -2.41. The molecule has 70 valence electrons. The van der Waals surface area contributed by atoms with Gasteiger partial charge in [-0.1, -0.05) is 19.1 Å². The molecule has 2 heteroatoms. The predicted molar refractivity (Wildman–Crippen MR) is 51.0 cm³/mol. The number of hydrogen-bond acceptors (Lipinski definition) is 2. The van der Waals surface area contributed by atoms with Crippen molar-refractivity contribution in [3.63, 3.8) is 0 Å². The lowest BCUT2D eigenvalue weighted by Gasteiger charge is -2.30. The third kappa shape index (κ3) is 1.54. The van der Waals surface area contributed by atoms with Crippen LogP contribution in [0.3, 0.4) is 0 Å². The molecule has 0 spiro atoms. The molecule has 1 aliphatic rings. The van der Waals surface area contributed by atoms with E-state index in [2.05, 4.69) is 39.3 Å². The minimum atomic E-state index is -0.122. The van der Waals surface area contributed by atoms with Gasteiger partial charge in [0.1, 0.15) is 5.72 Å². The van der Waals surface area contributed by atoms with Gasteiger partial charge in [-0.2, -0.15) is 0 Å². The molecule has 1 saturated heterocycles. The van der Waals surface area contributed by atoms with Gasteiger partial charge in [0.2, 0.25) is 0 Å². The fraction of sp³-hybridized carbons (Fsp3) is 0.800.